The van der Waals surface area contributed by atoms with E-state index in [9.17, 15) is 19.7 Å². The van der Waals surface area contributed by atoms with Gasteiger partial charge in [0.1, 0.15) is 5.75 Å². The zero-order chi connectivity index (χ0) is 17.3. The highest BCUT2D eigenvalue weighted by atomic mass is 16.6. The Morgan fingerprint density at radius 2 is 2.08 bits per heavy atom. The van der Waals surface area contributed by atoms with Gasteiger partial charge in [0.25, 0.3) is 17.5 Å². The molecule has 2 aromatic carbocycles. The van der Waals surface area contributed by atoms with Gasteiger partial charge in [0.05, 0.1) is 10.6 Å². The largest absolute Gasteiger partial charge is 0.479 e. The van der Waals surface area contributed by atoms with E-state index in [1.54, 1.807) is 25.1 Å². The maximum Gasteiger partial charge on any atom is 0.270 e. The van der Waals surface area contributed by atoms with E-state index < -0.39 is 16.9 Å². The van der Waals surface area contributed by atoms with Crippen LogP contribution in [0.3, 0.4) is 0 Å². The molecule has 24 heavy (non-hydrogen) atoms. The van der Waals surface area contributed by atoms with Gasteiger partial charge in [0.15, 0.2) is 6.10 Å². The van der Waals surface area contributed by atoms with Gasteiger partial charge >= 0.3 is 0 Å². The summed E-state index contributed by atoms with van der Waals surface area (Å²) in [7, 11) is 0. The van der Waals surface area contributed by atoms with Crippen LogP contribution < -0.4 is 15.4 Å². The quantitative estimate of drug-likeness (QED) is 0.665. The van der Waals surface area contributed by atoms with Crippen LogP contribution >= 0.6 is 0 Å². The smallest absolute Gasteiger partial charge is 0.270 e. The van der Waals surface area contributed by atoms with Crippen molar-refractivity contribution in [2.45, 2.75) is 13.0 Å². The summed E-state index contributed by atoms with van der Waals surface area (Å²) in [5.74, 6) is -0.254. The fourth-order valence-corrected chi connectivity index (χ4v) is 2.25. The molecule has 2 aromatic rings. The van der Waals surface area contributed by atoms with E-state index in [4.69, 9.17) is 4.74 Å². The fraction of sp³-hybridized carbons (Fsp3) is 0.125. The highest BCUT2D eigenvalue weighted by Gasteiger charge is 2.23. The van der Waals surface area contributed by atoms with Crippen LogP contribution in [-0.2, 0) is 4.79 Å². The first-order valence-corrected chi connectivity index (χ1v) is 7.11. The second-order valence-electron chi connectivity index (χ2n) is 5.22. The van der Waals surface area contributed by atoms with Gasteiger partial charge in [-0.1, -0.05) is 6.07 Å². The molecule has 0 fully saturated rings. The van der Waals surface area contributed by atoms with E-state index in [0.29, 0.717) is 17.1 Å². The Hall–Kier alpha value is -3.42. The second-order valence-corrected chi connectivity index (χ2v) is 5.22. The molecule has 1 heterocycles. The number of carbonyl (C=O) groups excluding carboxylic acids is 2. The monoisotopic (exact) mass is 327 g/mol. The van der Waals surface area contributed by atoms with Crippen molar-refractivity contribution >= 4 is 28.9 Å². The summed E-state index contributed by atoms with van der Waals surface area (Å²) in [4.78, 5) is 34.1. The molecule has 122 valence electrons. The molecule has 8 heteroatoms. The van der Waals surface area contributed by atoms with E-state index in [1.165, 1.54) is 24.3 Å². The Bertz CT molecular complexity index is 849. The number of amides is 2. The molecule has 0 radical (unpaired) electrons. The van der Waals surface area contributed by atoms with E-state index in [0.717, 1.165) is 0 Å². The SMILES string of the molecule is C[C@@H]1Oc2ccc(NC(=O)c3cccc([N+](=O)[O-])c3)cc2NC1=O. The number of non-ortho nitro benzene ring substituents is 1. The lowest BCUT2D eigenvalue weighted by Gasteiger charge is -2.23. The number of hydrogen-bond donors (Lipinski definition) is 2. The standard InChI is InChI=1S/C16H13N3O5/c1-9-15(20)18-13-8-11(5-6-14(13)24-9)17-16(21)10-3-2-4-12(7-10)19(22)23/h2-9H,1H3,(H,17,21)(H,18,20)/t9-/m0/s1. The van der Waals surface area contributed by atoms with Crippen molar-refractivity contribution in [2.24, 2.45) is 0 Å². The van der Waals surface area contributed by atoms with Gasteiger partial charge in [0.2, 0.25) is 0 Å². The number of rotatable bonds is 3. The highest BCUT2D eigenvalue weighted by Crippen LogP contribution is 2.32. The summed E-state index contributed by atoms with van der Waals surface area (Å²) < 4.78 is 5.43. The molecule has 0 spiro atoms. The highest BCUT2D eigenvalue weighted by molar-refractivity contribution is 6.05. The average molecular weight is 327 g/mol. The molecular weight excluding hydrogens is 314 g/mol. The predicted octanol–water partition coefficient (Wildman–Crippen LogP) is 2.57. The van der Waals surface area contributed by atoms with Crippen molar-refractivity contribution < 1.29 is 19.2 Å². The Kier molecular flexibility index (Phi) is 3.87. The van der Waals surface area contributed by atoms with Gasteiger partial charge < -0.3 is 15.4 Å². The van der Waals surface area contributed by atoms with Gasteiger partial charge in [-0.15, -0.1) is 0 Å². The Labute approximate surface area is 136 Å². The van der Waals surface area contributed by atoms with Crippen LogP contribution in [0.2, 0.25) is 0 Å². The number of nitro benzene ring substituents is 1. The van der Waals surface area contributed by atoms with Crippen LogP contribution in [0.25, 0.3) is 0 Å². The number of fused-ring (bicyclic) bond motifs is 1. The topological polar surface area (TPSA) is 111 Å². The molecule has 2 N–H and O–H groups in total. The van der Waals surface area contributed by atoms with E-state index >= 15 is 0 Å². The minimum Gasteiger partial charge on any atom is -0.479 e. The average Bonchev–Trinajstić information content (AvgIpc) is 2.56. The third kappa shape index (κ3) is 3.02. The van der Waals surface area contributed by atoms with Crippen LogP contribution in [0.1, 0.15) is 17.3 Å². The third-order valence-electron chi connectivity index (χ3n) is 3.49. The van der Waals surface area contributed by atoms with E-state index in [-0.39, 0.29) is 17.2 Å². The van der Waals surface area contributed by atoms with Crippen molar-refractivity contribution in [3.63, 3.8) is 0 Å². The van der Waals surface area contributed by atoms with Crippen LogP contribution in [0.5, 0.6) is 5.75 Å². The number of nitrogens with zero attached hydrogens (tertiary/aromatic N) is 1. The van der Waals surface area contributed by atoms with Crippen molar-refractivity contribution in [3.8, 4) is 5.75 Å². The molecule has 2 amide bonds. The Morgan fingerprint density at radius 1 is 1.29 bits per heavy atom. The number of carbonyl (C=O) groups is 2. The maximum atomic E-state index is 12.2. The molecule has 8 nitrogen and oxygen atoms in total. The zero-order valence-corrected chi connectivity index (χ0v) is 12.6. The maximum absolute atomic E-state index is 12.2. The Morgan fingerprint density at radius 3 is 2.83 bits per heavy atom. The van der Waals surface area contributed by atoms with Crippen molar-refractivity contribution in [3.05, 3.63) is 58.1 Å². The molecule has 0 saturated carbocycles. The van der Waals surface area contributed by atoms with Gasteiger partial charge in [-0.3, -0.25) is 19.7 Å². The number of anilines is 2. The molecule has 1 atom stereocenters. The molecule has 1 aliphatic rings. The summed E-state index contributed by atoms with van der Waals surface area (Å²) in [5.41, 5.74) is 0.886. The molecule has 0 saturated heterocycles. The number of ether oxygens (including phenoxy) is 1. The van der Waals surface area contributed by atoms with Crippen LogP contribution in [0.15, 0.2) is 42.5 Å². The minimum absolute atomic E-state index is 0.163. The van der Waals surface area contributed by atoms with E-state index in [2.05, 4.69) is 10.6 Å². The molecule has 3 rings (SSSR count). The zero-order valence-electron chi connectivity index (χ0n) is 12.6. The first-order valence-electron chi connectivity index (χ1n) is 7.11. The van der Waals surface area contributed by atoms with Gasteiger partial charge in [-0.25, -0.2) is 0 Å². The van der Waals surface area contributed by atoms with Crippen molar-refractivity contribution in [1.29, 1.82) is 0 Å². The number of nitro groups is 1. The van der Waals surface area contributed by atoms with Crippen LogP contribution in [-0.4, -0.2) is 22.8 Å². The molecule has 0 aliphatic carbocycles. The lowest BCUT2D eigenvalue weighted by molar-refractivity contribution is -0.384. The van der Waals surface area contributed by atoms with Gasteiger partial charge in [0, 0.05) is 23.4 Å². The predicted molar refractivity (Wildman–Crippen MR) is 86.2 cm³/mol. The summed E-state index contributed by atoms with van der Waals surface area (Å²) in [6, 6.07) is 10.2. The van der Waals surface area contributed by atoms with Gasteiger partial charge in [-0.2, -0.15) is 0 Å². The fourth-order valence-electron chi connectivity index (χ4n) is 2.25. The molecule has 0 bridgehead atoms. The second kappa shape index (κ2) is 5.99. The lowest BCUT2D eigenvalue weighted by atomic mass is 10.1. The normalized spacial score (nSPS) is 15.7. The van der Waals surface area contributed by atoms with Crippen molar-refractivity contribution in [2.75, 3.05) is 10.6 Å². The third-order valence-corrected chi connectivity index (χ3v) is 3.49. The number of benzene rings is 2. The summed E-state index contributed by atoms with van der Waals surface area (Å²) in [6.07, 6.45) is -0.581. The summed E-state index contributed by atoms with van der Waals surface area (Å²) >= 11 is 0. The first kappa shape index (κ1) is 15.5. The molecule has 0 aromatic heterocycles. The minimum atomic E-state index is -0.581. The molecule has 1 aliphatic heterocycles. The molecule has 0 unspecified atom stereocenters. The van der Waals surface area contributed by atoms with Gasteiger partial charge in [-0.05, 0) is 31.2 Å². The molecular formula is C16H13N3O5. The Balaban J connectivity index is 1.80. The number of nitrogens with one attached hydrogen (secondary N) is 2. The lowest BCUT2D eigenvalue weighted by Crippen LogP contribution is -2.34. The van der Waals surface area contributed by atoms with E-state index in [1.807, 2.05) is 0 Å². The summed E-state index contributed by atoms with van der Waals surface area (Å²) in [5, 5.41) is 16.1. The van der Waals surface area contributed by atoms with Crippen molar-refractivity contribution in [1.82, 2.24) is 0 Å². The first-order chi connectivity index (χ1) is 11.4. The number of hydrogen-bond acceptors (Lipinski definition) is 5. The van der Waals surface area contributed by atoms with Crippen LogP contribution in [0, 0.1) is 10.1 Å². The summed E-state index contributed by atoms with van der Waals surface area (Å²) in [6.45, 7) is 1.64. The van der Waals surface area contributed by atoms with Crippen LogP contribution in [0.4, 0.5) is 17.1 Å².